The van der Waals surface area contributed by atoms with E-state index >= 15 is 0 Å². The first-order valence-electron chi connectivity index (χ1n) is 10.9. The molecule has 1 aliphatic carbocycles. The molecule has 1 saturated heterocycles. The average Bonchev–Trinajstić information content (AvgIpc) is 3.58. The van der Waals surface area contributed by atoms with Gasteiger partial charge in [0.2, 0.25) is 17.7 Å². The van der Waals surface area contributed by atoms with Crippen molar-refractivity contribution in [3.63, 3.8) is 0 Å². The monoisotopic (exact) mass is 459 g/mol. The zero-order chi connectivity index (χ0) is 23.8. The highest BCUT2D eigenvalue weighted by molar-refractivity contribution is 6.11. The van der Waals surface area contributed by atoms with Gasteiger partial charge in [0.25, 0.3) is 0 Å². The summed E-state index contributed by atoms with van der Waals surface area (Å²) in [6.45, 7) is 2.40. The predicted octanol–water partition coefficient (Wildman–Crippen LogP) is 3.70. The molecule has 1 aromatic heterocycles. The smallest absolute Gasteiger partial charge is 0.339 e. The van der Waals surface area contributed by atoms with E-state index in [0.29, 0.717) is 19.4 Å². The van der Waals surface area contributed by atoms with Crippen LogP contribution in [0.25, 0.3) is 0 Å². The molecule has 174 valence electrons. The summed E-state index contributed by atoms with van der Waals surface area (Å²) >= 11 is 0. The highest BCUT2D eigenvalue weighted by Gasteiger charge is 2.57. The van der Waals surface area contributed by atoms with Gasteiger partial charge in [0.05, 0.1) is 11.0 Å². The number of aromatic nitrogens is 1. The number of hydrogen-bond acceptors (Lipinski definition) is 4. The van der Waals surface area contributed by atoms with Crippen molar-refractivity contribution in [1.29, 1.82) is 0 Å². The number of likely N-dealkylation sites (tertiary alicyclic amines) is 1. The summed E-state index contributed by atoms with van der Waals surface area (Å²) < 4.78 is 40.2. The Morgan fingerprint density at radius 1 is 1.18 bits per heavy atom. The minimum atomic E-state index is -4.61. The summed E-state index contributed by atoms with van der Waals surface area (Å²) in [7, 11) is 0. The van der Waals surface area contributed by atoms with Crippen LogP contribution in [0, 0.1) is 0 Å². The molecule has 0 radical (unpaired) electrons. The average molecular weight is 459 g/mol. The van der Waals surface area contributed by atoms with Gasteiger partial charge < -0.3 is 4.90 Å². The minimum absolute atomic E-state index is 0.0483. The molecule has 2 aliphatic rings. The normalized spacial score (nSPS) is 20.9. The maximum atomic E-state index is 13.5. The van der Waals surface area contributed by atoms with E-state index < -0.39 is 34.9 Å². The van der Waals surface area contributed by atoms with Crippen LogP contribution in [0.15, 0.2) is 48.8 Å². The van der Waals surface area contributed by atoms with Gasteiger partial charge in [0.15, 0.2) is 0 Å². The number of nitrogens with zero attached hydrogens (tertiary/aromatic N) is 3. The van der Waals surface area contributed by atoms with Gasteiger partial charge in [-0.2, -0.15) is 13.2 Å². The molecule has 0 unspecified atom stereocenters. The van der Waals surface area contributed by atoms with Gasteiger partial charge in [-0.05, 0) is 49.1 Å². The third-order valence-electron chi connectivity index (χ3n) is 6.31. The lowest BCUT2D eigenvalue weighted by atomic mass is 9.75. The molecule has 2 fully saturated rings. The van der Waals surface area contributed by atoms with E-state index in [4.69, 9.17) is 0 Å². The Morgan fingerprint density at radius 3 is 2.48 bits per heavy atom. The summed E-state index contributed by atoms with van der Waals surface area (Å²) in [5, 5.41) is 0. The first-order valence-corrected chi connectivity index (χ1v) is 10.9. The fraction of sp³-hybridized carbons (Fsp3) is 0.417. The molecule has 9 heteroatoms. The van der Waals surface area contributed by atoms with Crippen LogP contribution in [0.1, 0.15) is 49.3 Å². The van der Waals surface area contributed by atoms with E-state index in [9.17, 15) is 27.6 Å². The Bertz CT molecular complexity index is 1070. The summed E-state index contributed by atoms with van der Waals surface area (Å²) in [6.07, 6.45) is -0.752. The van der Waals surface area contributed by atoms with Crippen LogP contribution < -0.4 is 0 Å². The second kappa shape index (κ2) is 8.61. The van der Waals surface area contributed by atoms with Crippen molar-refractivity contribution in [3.05, 3.63) is 65.5 Å². The Labute approximate surface area is 189 Å². The fourth-order valence-corrected chi connectivity index (χ4v) is 4.38. The zero-order valence-corrected chi connectivity index (χ0v) is 18.1. The van der Waals surface area contributed by atoms with Crippen LogP contribution in [-0.4, -0.2) is 45.1 Å². The molecular weight excluding hydrogens is 435 g/mol. The van der Waals surface area contributed by atoms with Crippen molar-refractivity contribution in [2.24, 2.45) is 0 Å². The predicted molar refractivity (Wildman–Crippen MR) is 113 cm³/mol. The van der Waals surface area contributed by atoms with E-state index in [1.807, 2.05) is 0 Å². The SMILES string of the molecule is CCN(Cc1ccncc1)C(=O)C[C@@]1(c2cccc(C(F)(F)F)c2)CC(=O)N(C2CC2)C1=O. The standard InChI is InChI=1S/C24H24F3N3O3/c1-2-29(15-16-8-10-28-11-9-16)20(31)13-23(14-21(32)30(22(23)33)19-6-7-19)17-4-3-5-18(12-17)24(25,26)27/h3-5,8-12,19H,2,6-7,13-15H2,1H3/t23-/m0/s1. The molecule has 1 aliphatic heterocycles. The molecule has 0 bridgehead atoms. The van der Waals surface area contributed by atoms with Gasteiger partial charge in [-0.25, -0.2) is 0 Å². The molecule has 0 N–H and O–H groups in total. The lowest BCUT2D eigenvalue weighted by molar-refractivity contribution is -0.143. The molecule has 3 amide bonds. The maximum Gasteiger partial charge on any atom is 0.416 e. The van der Waals surface area contributed by atoms with Gasteiger partial charge in [0.1, 0.15) is 0 Å². The fourth-order valence-electron chi connectivity index (χ4n) is 4.38. The molecule has 2 aromatic rings. The van der Waals surface area contributed by atoms with Crippen LogP contribution >= 0.6 is 0 Å². The molecule has 0 spiro atoms. The van der Waals surface area contributed by atoms with Crippen molar-refractivity contribution >= 4 is 17.7 Å². The number of alkyl halides is 3. The third kappa shape index (κ3) is 4.49. The van der Waals surface area contributed by atoms with E-state index in [1.165, 1.54) is 17.0 Å². The second-order valence-electron chi connectivity index (χ2n) is 8.58. The van der Waals surface area contributed by atoms with Gasteiger partial charge in [-0.3, -0.25) is 24.3 Å². The maximum absolute atomic E-state index is 13.5. The minimum Gasteiger partial charge on any atom is -0.339 e. The quantitative estimate of drug-likeness (QED) is 0.592. The molecule has 33 heavy (non-hydrogen) atoms. The van der Waals surface area contributed by atoms with E-state index in [0.717, 1.165) is 22.6 Å². The number of pyridine rings is 1. The third-order valence-corrected chi connectivity index (χ3v) is 6.31. The second-order valence-corrected chi connectivity index (χ2v) is 8.58. The van der Waals surface area contributed by atoms with Crippen LogP contribution in [0.2, 0.25) is 0 Å². The zero-order valence-electron chi connectivity index (χ0n) is 18.1. The number of halogens is 3. The van der Waals surface area contributed by atoms with Crippen molar-refractivity contribution in [1.82, 2.24) is 14.8 Å². The lowest BCUT2D eigenvalue weighted by Crippen LogP contribution is -2.44. The molecule has 6 nitrogen and oxygen atoms in total. The Hall–Kier alpha value is -3.23. The van der Waals surface area contributed by atoms with Crippen LogP contribution in [0.3, 0.4) is 0 Å². The topological polar surface area (TPSA) is 70.6 Å². The van der Waals surface area contributed by atoms with E-state index in [-0.39, 0.29) is 31.0 Å². The van der Waals surface area contributed by atoms with Crippen molar-refractivity contribution in [2.75, 3.05) is 6.54 Å². The molecule has 2 heterocycles. The number of amides is 3. The molecule has 1 aromatic carbocycles. The van der Waals surface area contributed by atoms with E-state index in [1.54, 1.807) is 31.5 Å². The highest BCUT2D eigenvalue weighted by Crippen LogP contribution is 2.45. The lowest BCUT2D eigenvalue weighted by Gasteiger charge is -2.30. The van der Waals surface area contributed by atoms with Gasteiger partial charge in [-0.15, -0.1) is 0 Å². The van der Waals surface area contributed by atoms with Crippen molar-refractivity contribution in [3.8, 4) is 0 Å². The van der Waals surface area contributed by atoms with Crippen molar-refractivity contribution in [2.45, 2.75) is 56.8 Å². The molecular formula is C24H24F3N3O3. The Kier molecular flexibility index (Phi) is 5.99. The number of imide groups is 1. The van der Waals surface area contributed by atoms with Gasteiger partial charge >= 0.3 is 6.18 Å². The van der Waals surface area contributed by atoms with Crippen LogP contribution in [0.5, 0.6) is 0 Å². The van der Waals surface area contributed by atoms with Crippen LogP contribution in [0.4, 0.5) is 13.2 Å². The van der Waals surface area contributed by atoms with Gasteiger partial charge in [-0.1, -0.05) is 18.2 Å². The van der Waals surface area contributed by atoms with Crippen molar-refractivity contribution < 1.29 is 27.6 Å². The number of hydrogen-bond donors (Lipinski definition) is 0. The molecule has 1 atom stereocenters. The number of carbonyl (C=O) groups excluding carboxylic acids is 3. The molecule has 4 rings (SSSR count). The number of rotatable bonds is 7. The largest absolute Gasteiger partial charge is 0.416 e. The summed E-state index contributed by atoms with van der Waals surface area (Å²) in [4.78, 5) is 46.3. The molecule has 1 saturated carbocycles. The first-order chi connectivity index (χ1) is 15.7. The Morgan fingerprint density at radius 2 is 1.88 bits per heavy atom. The Balaban J connectivity index is 1.70. The number of benzene rings is 1. The summed E-state index contributed by atoms with van der Waals surface area (Å²) in [5.74, 6) is -1.42. The van der Waals surface area contributed by atoms with E-state index in [2.05, 4.69) is 4.98 Å². The number of carbonyl (C=O) groups is 3. The van der Waals surface area contributed by atoms with Crippen LogP contribution in [-0.2, 0) is 32.5 Å². The summed E-state index contributed by atoms with van der Waals surface area (Å²) in [5.41, 5.74) is -1.68. The first kappa shape index (κ1) is 22.9. The summed E-state index contributed by atoms with van der Waals surface area (Å²) in [6, 6.07) is 7.73. The van der Waals surface area contributed by atoms with Gasteiger partial charge in [0, 0.05) is 44.4 Å². The highest BCUT2D eigenvalue weighted by atomic mass is 19.4.